The molecule has 0 aliphatic carbocycles. The van der Waals surface area contributed by atoms with Gasteiger partial charge < -0.3 is 10.4 Å². The number of rotatable bonds is 6. The van der Waals surface area contributed by atoms with Crippen molar-refractivity contribution in [2.24, 2.45) is 0 Å². The number of hydrogen-bond donors (Lipinski definition) is 2. The number of aliphatic hydroxyl groups is 1. The highest BCUT2D eigenvalue weighted by Crippen LogP contribution is 2.17. The van der Waals surface area contributed by atoms with Crippen molar-refractivity contribution in [3.8, 4) is 0 Å². The third kappa shape index (κ3) is 3.91. The van der Waals surface area contributed by atoms with Crippen LogP contribution >= 0.6 is 15.9 Å². The number of nitrogens with zero attached hydrogens (tertiary/aromatic N) is 2. The first-order valence-electron chi connectivity index (χ1n) is 6.74. The smallest absolute Gasteiger partial charge is 0.0914 e. The lowest BCUT2D eigenvalue weighted by Gasteiger charge is -2.23. The van der Waals surface area contributed by atoms with Crippen molar-refractivity contribution >= 4 is 15.9 Å². The summed E-state index contributed by atoms with van der Waals surface area (Å²) in [6, 6.07) is 10.1. The van der Waals surface area contributed by atoms with Crippen molar-refractivity contribution in [1.29, 1.82) is 0 Å². The minimum absolute atomic E-state index is 0.222. The molecule has 4 nitrogen and oxygen atoms in total. The highest BCUT2D eigenvalue weighted by molar-refractivity contribution is 9.10. The van der Waals surface area contributed by atoms with Gasteiger partial charge in [0, 0.05) is 29.5 Å². The third-order valence-electron chi connectivity index (χ3n) is 3.55. The van der Waals surface area contributed by atoms with Crippen LogP contribution in [0, 0.1) is 0 Å². The van der Waals surface area contributed by atoms with Gasteiger partial charge in [-0.15, -0.1) is 0 Å². The van der Waals surface area contributed by atoms with Crippen molar-refractivity contribution in [3.05, 3.63) is 52.8 Å². The zero-order chi connectivity index (χ0) is 14.5. The Bertz CT molecular complexity index is 512. The zero-order valence-corrected chi connectivity index (χ0v) is 13.3. The van der Waals surface area contributed by atoms with Crippen molar-refractivity contribution in [1.82, 2.24) is 15.1 Å². The first-order valence-corrected chi connectivity index (χ1v) is 7.53. The molecule has 0 saturated carbocycles. The molecule has 0 aliphatic heterocycles. The summed E-state index contributed by atoms with van der Waals surface area (Å²) < 4.78 is 2.94. The fourth-order valence-corrected chi connectivity index (χ4v) is 2.29. The van der Waals surface area contributed by atoms with Gasteiger partial charge in [0.05, 0.1) is 12.1 Å². The summed E-state index contributed by atoms with van der Waals surface area (Å²) in [7, 11) is 0. The second-order valence-corrected chi connectivity index (χ2v) is 5.91. The lowest BCUT2D eigenvalue weighted by Crippen LogP contribution is -2.36. The second-order valence-electron chi connectivity index (χ2n) is 4.99. The van der Waals surface area contributed by atoms with Crippen LogP contribution < -0.4 is 5.32 Å². The fourth-order valence-electron chi connectivity index (χ4n) is 2.02. The van der Waals surface area contributed by atoms with Crippen LogP contribution in [0.3, 0.4) is 0 Å². The van der Waals surface area contributed by atoms with E-state index < -0.39 is 6.10 Å². The predicted molar refractivity (Wildman–Crippen MR) is 83.5 cm³/mol. The molecule has 0 radical (unpaired) electrons. The standard InChI is InChI=1S/C15H20BrN3O/c1-11(12(2)19-9-3-8-18-19)17-10-15(20)13-4-6-14(16)7-5-13/h3-9,11-12,15,17,20H,10H2,1-2H3/t11-,12+,15-/m0/s1. The van der Waals surface area contributed by atoms with E-state index in [-0.39, 0.29) is 12.1 Å². The minimum Gasteiger partial charge on any atom is -0.387 e. The van der Waals surface area contributed by atoms with E-state index in [1.165, 1.54) is 0 Å². The first-order chi connectivity index (χ1) is 9.58. The topological polar surface area (TPSA) is 50.1 Å². The Balaban J connectivity index is 1.86. The molecule has 0 aliphatic rings. The molecule has 2 N–H and O–H groups in total. The number of aliphatic hydroxyl groups excluding tert-OH is 1. The van der Waals surface area contributed by atoms with E-state index in [4.69, 9.17) is 0 Å². The summed E-state index contributed by atoms with van der Waals surface area (Å²) in [6.07, 6.45) is 3.23. The number of halogens is 1. The van der Waals surface area contributed by atoms with E-state index in [1.54, 1.807) is 6.20 Å². The average Bonchev–Trinajstić information content (AvgIpc) is 2.98. The van der Waals surface area contributed by atoms with Crippen LogP contribution in [0.2, 0.25) is 0 Å². The Kier molecular flexibility index (Phi) is 5.34. The van der Waals surface area contributed by atoms with Gasteiger partial charge in [0.15, 0.2) is 0 Å². The Morgan fingerprint density at radius 3 is 2.60 bits per heavy atom. The molecule has 0 bridgehead atoms. The molecule has 5 heteroatoms. The lowest BCUT2D eigenvalue weighted by atomic mass is 10.1. The van der Waals surface area contributed by atoms with Gasteiger partial charge in [0.1, 0.15) is 0 Å². The molecule has 1 aromatic carbocycles. The van der Waals surface area contributed by atoms with Crippen LogP contribution in [0.15, 0.2) is 47.2 Å². The van der Waals surface area contributed by atoms with Crippen LogP contribution in [-0.4, -0.2) is 27.5 Å². The highest BCUT2D eigenvalue weighted by atomic mass is 79.9. The molecule has 1 heterocycles. The van der Waals surface area contributed by atoms with Crippen LogP contribution in [0.5, 0.6) is 0 Å². The largest absolute Gasteiger partial charge is 0.387 e. The van der Waals surface area contributed by atoms with Crippen LogP contribution in [0.4, 0.5) is 0 Å². The Labute approximate surface area is 127 Å². The van der Waals surface area contributed by atoms with Crippen LogP contribution in [0.1, 0.15) is 31.6 Å². The zero-order valence-electron chi connectivity index (χ0n) is 11.7. The normalized spacial score (nSPS) is 15.8. The predicted octanol–water partition coefficient (Wildman–Crippen LogP) is 2.92. The van der Waals surface area contributed by atoms with Gasteiger partial charge in [-0.3, -0.25) is 4.68 Å². The van der Waals surface area contributed by atoms with E-state index in [0.717, 1.165) is 10.0 Å². The molecule has 0 fully saturated rings. The maximum atomic E-state index is 10.2. The molecule has 3 atom stereocenters. The summed E-state index contributed by atoms with van der Waals surface area (Å²) in [4.78, 5) is 0. The average molecular weight is 338 g/mol. The monoisotopic (exact) mass is 337 g/mol. The quantitative estimate of drug-likeness (QED) is 0.852. The van der Waals surface area contributed by atoms with Gasteiger partial charge in [-0.1, -0.05) is 28.1 Å². The number of aromatic nitrogens is 2. The molecule has 20 heavy (non-hydrogen) atoms. The molecular weight excluding hydrogens is 318 g/mol. The number of nitrogens with one attached hydrogen (secondary N) is 1. The van der Waals surface area contributed by atoms with Gasteiger partial charge in [0.2, 0.25) is 0 Å². The Hall–Kier alpha value is -1.17. The molecular formula is C15H20BrN3O. The molecule has 1 aromatic heterocycles. The number of benzene rings is 1. The van der Waals surface area contributed by atoms with Gasteiger partial charge in [-0.05, 0) is 37.6 Å². The van der Waals surface area contributed by atoms with Gasteiger partial charge >= 0.3 is 0 Å². The van der Waals surface area contributed by atoms with Crippen LogP contribution in [-0.2, 0) is 0 Å². The molecule has 0 spiro atoms. The Morgan fingerprint density at radius 1 is 1.30 bits per heavy atom. The van der Waals surface area contributed by atoms with Gasteiger partial charge in [0.25, 0.3) is 0 Å². The fraction of sp³-hybridized carbons (Fsp3) is 0.400. The van der Waals surface area contributed by atoms with Crippen molar-refractivity contribution in [2.45, 2.75) is 32.0 Å². The van der Waals surface area contributed by atoms with Crippen molar-refractivity contribution in [3.63, 3.8) is 0 Å². The summed E-state index contributed by atoms with van der Waals surface area (Å²) in [6.45, 7) is 4.73. The number of hydrogen-bond acceptors (Lipinski definition) is 3. The second kappa shape index (κ2) is 7.02. The summed E-state index contributed by atoms with van der Waals surface area (Å²) >= 11 is 3.39. The van der Waals surface area contributed by atoms with Crippen LogP contribution in [0.25, 0.3) is 0 Å². The lowest BCUT2D eigenvalue weighted by molar-refractivity contribution is 0.166. The van der Waals surface area contributed by atoms with E-state index in [0.29, 0.717) is 6.54 Å². The Morgan fingerprint density at radius 2 is 2.00 bits per heavy atom. The maximum absolute atomic E-state index is 10.2. The molecule has 2 rings (SSSR count). The molecule has 2 aromatic rings. The summed E-state index contributed by atoms with van der Waals surface area (Å²) in [5, 5.41) is 17.8. The van der Waals surface area contributed by atoms with Gasteiger partial charge in [-0.2, -0.15) is 5.10 Å². The SMILES string of the molecule is C[C@H](NC[C@H](O)c1ccc(Br)cc1)[C@@H](C)n1cccn1. The highest BCUT2D eigenvalue weighted by Gasteiger charge is 2.15. The summed E-state index contributed by atoms with van der Waals surface area (Å²) in [5.41, 5.74) is 0.916. The molecule has 0 saturated heterocycles. The molecule has 0 amide bonds. The van der Waals surface area contributed by atoms with E-state index in [2.05, 4.69) is 40.2 Å². The van der Waals surface area contributed by atoms with E-state index in [9.17, 15) is 5.11 Å². The van der Waals surface area contributed by atoms with Gasteiger partial charge in [-0.25, -0.2) is 0 Å². The van der Waals surface area contributed by atoms with E-state index in [1.807, 2.05) is 41.2 Å². The van der Waals surface area contributed by atoms with Crippen molar-refractivity contribution < 1.29 is 5.11 Å². The van der Waals surface area contributed by atoms with Crippen molar-refractivity contribution in [2.75, 3.05) is 6.54 Å². The molecule has 0 unspecified atom stereocenters. The minimum atomic E-state index is -0.504. The first kappa shape index (κ1) is 15.2. The third-order valence-corrected chi connectivity index (χ3v) is 4.08. The maximum Gasteiger partial charge on any atom is 0.0914 e. The van der Waals surface area contributed by atoms with E-state index >= 15 is 0 Å². The molecule has 108 valence electrons. The summed E-state index contributed by atoms with van der Waals surface area (Å²) in [5.74, 6) is 0.